The first kappa shape index (κ1) is 21.4. The maximum Gasteiger partial charge on any atom is 0.339 e. The number of carbonyl (C=O) groups excluding carboxylic acids is 1. The second-order valence-electron chi connectivity index (χ2n) is 7.07. The fourth-order valence-electron chi connectivity index (χ4n) is 3.16. The lowest BCUT2D eigenvalue weighted by Gasteiger charge is -2.08. The van der Waals surface area contributed by atoms with Gasteiger partial charge in [0.2, 0.25) is 5.78 Å². The zero-order valence-corrected chi connectivity index (χ0v) is 18.3. The van der Waals surface area contributed by atoms with Crippen molar-refractivity contribution >= 4 is 22.0 Å². The van der Waals surface area contributed by atoms with Gasteiger partial charge in [0.1, 0.15) is 22.1 Å². The molecule has 0 unspecified atom stereocenters. The fraction of sp³-hybridized carbons (Fsp3) is 0.0800. The van der Waals surface area contributed by atoms with Gasteiger partial charge < -0.3 is 13.7 Å². The maximum atomic E-state index is 12.6. The van der Waals surface area contributed by atoms with E-state index in [1.54, 1.807) is 37.5 Å². The van der Waals surface area contributed by atoms with Crippen LogP contribution in [0.2, 0.25) is 0 Å². The highest BCUT2D eigenvalue weighted by molar-refractivity contribution is 7.87. The van der Waals surface area contributed by atoms with E-state index >= 15 is 0 Å². The van der Waals surface area contributed by atoms with E-state index in [4.69, 9.17) is 13.7 Å². The van der Waals surface area contributed by atoms with Crippen LogP contribution in [0.4, 0.5) is 0 Å². The van der Waals surface area contributed by atoms with Gasteiger partial charge in [-0.3, -0.25) is 4.79 Å². The third kappa shape index (κ3) is 4.43. The number of carbonyl (C=O) groups is 1. The molecule has 0 atom stereocenters. The quantitative estimate of drug-likeness (QED) is 0.392. The SMILES string of the molecule is COc1ccccc1/C=C/C=C1\Oc2cc(OS(=O)(=O)c3ccc(C)cc3)ccc2C1=O. The molecule has 0 saturated carbocycles. The smallest absolute Gasteiger partial charge is 0.339 e. The minimum Gasteiger partial charge on any atom is -0.496 e. The van der Waals surface area contributed by atoms with Crippen LogP contribution >= 0.6 is 0 Å². The maximum absolute atomic E-state index is 12.6. The van der Waals surface area contributed by atoms with Crippen LogP contribution in [-0.4, -0.2) is 21.3 Å². The number of benzene rings is 3. The van der Waals surface area contributed by atoms with Crippen molar-refractivity contribution in [1.82, 2.24) is 0 Å². The van der Waals surface area contributed by atoms with Crippen molar-refractivity contribution in [2.24, 2.45) is 0 Å². The molecular weight excluding hydrogens is 428 g/mol. The summed E-state index contributed by atoms with van der Waals surface area (Å²) in [5.41, 5.74) is 2.13. The highest BCUT2D eigenvalue weighted by Gasteiger charge is 2.28. The monoisotopic (exact) mass is 448 g/mol. The van der Waals surface area contributed by atoms with Gasteiger partial charge in [0.25, 0.3) is 0 Å². The van der Waals surface area contributed by atoms with Crippen molar-refractivity contribution in [2.75, 3.05) is 7.11 Å². The second kappa shape index (κ2) is 8.72. The fourth-order valence-corrected chi connectivity index (χ4v) is 4.08. The molecule has 0 aliphatic carbocycles. The molecule has 32 heavy (non-hydrogen) atoms. The Morgan fingerprint density at radius 3 is 2.47 bits per heavy atom. The van der Waals surface area contributed by atoms with Gasteiger partial charge in [0.15, 0.2) is 5.76 Å². The first-order valence-corrected chi connectivity index (χ1v) is 11.2. The van der Waals surface area contributed by atoms with Gasteiger partial charge >= 0.3 is 10.1 Å². The number of allylic oxidation sites excluding steroid dienone is 3. The van der Waals surface area contributed by atoms with Gasteiger partial charge in [-0.15, -0.1) is 0 Å². The average Bonchev–Trinajstić information content (AvgIpc) is 3.09. The molecule has 0 saturated heterocycles. The van der Waals surface area contributed by atoms with Crippen LogP contribution in [0.15, 0.2) is 89.5 Å². The lowest BCUT2D eigenvalue weighted by atomic mass is 10.1. The molecule has 3 aromatic carbocycles. The van der Waals surface area contributed by atoms with E-state index in [9.17, 15) is 13.2 Å². The Balaban J connectivity index is 1.52. The molecular formula is C25H20O6S. The number of rotatable bonds is 6. The number of ether oxygens (including phenoxy) is 2. The Labute approximate surface area is 186 Å². The molecule has 3 aromatic rings. The molecule has 0 aromatic heterocycles. The predicted molar refractivity (Wildman–Crippen MR) is 121 cm³/mol. The lowest BCUT2D eigenvalue weighted by Crippen LogP contribution is -2.09. The summed E-state index contributed by atoms with van der Waals surface area (Å²) >= 11 is 0. The Morgan fingerprint density at radius 2 is 1.72 bits per heavy atom. The van der Waals surface area contributed by atoms with E-state index in [-0.39, 0.29) is 27.9 Å². The van der Waals surface area contributed by atoms with Crippen LogP contribution in [0.5, 0.6) is 17.2 Å². The summed E-state index contributed by atoms with van der Waals surface area (Å²) in [6.45, 7) is 1.86. The first-order chi connectivity index (χ1) is 15.4. The first-order valence-electron chi connectivity index (χ1n) is 9.76. The molecule has 1 heterocycles. The van der Waals surface area contributed by atoms with Gasteiger partial charge in [-0.05, 0) is 43.3 Å². The second-order valence-corrected chi connectivity index (χ2v) is 8.62. The predicted octanol–water partition coefficient (Wildman–Crippen LogP) is 4.94. The third-order valence-electron chi connectivity index (χ3n) is 4.82. The summed E-state index contributed by atoms with van der Waals surface area (Å²) in [6.07, 6.45) is 5.04. The number of hydrogen-bond donors (Lipinski definition) is 0. The summed E-state index contributed by atoms with van der Waals surface area (Å²) in [6, 6.07) is 18.1. The van der Waals surface area contributed by atoms with Crippen LogP contribution in [0.25, 0.3) is 6.08 Å². The van der Waals surface area contributed by atoms with Gasteiger partial charge in [-0.1, -0.05) is 48.0 Å². The van der Waals surface area contributed by atoms with Gasteiger partial charge in [-0.25, -0.2) is 0 Å². The molecule has 1 aliphatic rings. The highest BCUT2D eigenvalue weighted by Crippen LogP contribution is 2.35. The van der Waals surface area contributed by atoms with Crippen molar-refractivity contribution in [1.29, 1.82) is 0 Å². The van der Waals surface area contributed by atoms with Crippen LogP contribution in [0, 0.1) is 6.92 Å². The van der Waals surface area contributed by atoms with E-state index in [0.717, 1.165) is 11.1 Å². The van der Waals surface area contributed by atoms with Crippen LogP contribution in [-0.2, 0) is 10.1 Å². The van der Waals surface area contributed by atoms with Gasteiger partial charge in [0.05, 0.1) is 12.7 Å². The molecule has 0 radical (unpaired) electrons. The van der Waals surface area contributed by atoms with Crippen molar-refractivity contribution in [3.63, 3.8) is 0 Å². The third-order valence-corrected chi connectivity index (χ3v) is 6.08. The largest absolute Gasteiger partial charge is 0.496 e. The molecule has 1 aliphatic heterocycles. The molecule has 0 fully saturated rings. The van der Waals surface area contributed by atoms with E-state index in [2.05, 4.69) is 0 Å². The summed E-state index contributed by atoms with van der Waals surface area (Å²) in [4.78, 5) is 12.6. The zero-order chi connectivity index (χ0) is 22.7. The molecule has 6 nitrogen and oxygen atoms in total. The molecule has 0 bridgehead atoms. The number of ketones is 1. The molecule has 7 heteroatoms. The molecule has 162 valence electrons. The normalized spacial score (nSPS) is 14.4. The zero-order valence-electron chi connectivity index (χ0n) is 17.4. The number of hydrogen-bond acceptors (Lipinski definition) is 6. The summed E-state index contributed by atoms with van der Waals surface area (Å²) in [5.74, 6) is 0.842. The molecule has 0 spiro atoms. The van der Waals surface area contributed by atoms with Gasteiger partial charge in [-0.2, -0.15) is 8.42 Å². The number of Topliss-reactive ketones (excluding diaryl/α,β-unsaturated/α-hetero) is 1. The minimum absolute atomic E-state index is 0.0441. The van der Waals surface area contributed by atoms with E-state index < -0.39 is 10.1 Å². The van der Waals surface area contributed by atoms with Crippen molar-refractivity contribution in [2.45, 2.75) is 11.8 Å². The number of fused-ring (bicyclic) bond motifs is 1. The summed E-state index contributed by atoms with van der Waals surface area (Å²) < 4.78 is 41.2. The topological polar surface area (TPSA) is 78.9 Å². The molecule has 0 N–H and O–H groups in total. The lowest BCUT2D eigenvalue weighted by molar-refractivity contribution is 0.101. The standard InChI is InChI=1S/C25H20O6S/c1-17-10-13-20(14-11-17)32(27,28)31-19-12-15-21-24(16-19)30-23(25(21)26)9-5-7-18-6-3-4-8-22(18)29-2/h3-16H,1-2H3/b7-5+,23-9-. The molecule has 4 rings (SSSR count). The average molecular weight is 448 g/mol. The van der Waals surface area contributed by atoms with Crippen molar-refractivity contribution < 1.29 is 26.9 Å². The number of aryl methyl sites for hydroxylation is 1. The minimum atomic E-state index is -4.00. The van der Waals surface area contributed by atoms with E-state index in [1.165, 1.54) is 30.3 Å². The van der Waals surface area contributed by atoms with Gasteiger partial charge in [0, 0.05) is 11.6 Å². The number of para-hydroxylation sites is 1. The van der Waals surface area contributed by atoms with E-state index in [0.29, 0.717) is 11.3 Å². The van der Waals surface area contributed by atoms with Crippen LogP contribution in [0.1, 0.15) is 21.5 Å². The Bertz CT molecular complexity index is 1340. The van der Waals surface area contributed by atoms with Crippen molar-refractivity contribution in [3.8, 4) is 17.2 Å². The summed E-state index contributed by atoms with van der Waals surface area (Å²) in [5, 5.41) is 0. The Morgan fingerprint density at radius 1 is 0.969 bits per heavy atom. The van der Waals surface area contributed by atoms with Crippen molar-refractivity contribution in [3.05, 3.63) is 101 Å². The van der Waals surface area contributed by atoms with Crippen LogP contribution in [0.3, 0.4) is 0 Å². The molecule has 0 amide bonds. The van der Waals surface area contributed by atoms with Crippen LogP contribution < -0.4 is 13.7 Å². The highest BCUT2D eigenvalue weighted by atomic mass is 32.2. The Kier molecular flexibility index (Phi) is 5.83. The van der Waals surface area contributed by atoms with E-state index in [1.807, 2.05) is 31.2 Å². The Hall–Kier alpha value is -3.84. The number of methoxy groups -OCH3 is 1. The summed E-state index contributed by atoms with van der Waals surface area (Å²) in [7, 11) is -2.42.